The fraction of sp³-hybridized carbons (Fsp3) is 0.125. The Kier molecular flexibility index (Phi) is 2.19. The lowest BCUT2D eigenvalue weighted by atomic mass is 10.1. The molecule has 0 bridgehead atoms. The van der Waals surface area contributed by atoms with Crippen LogP contribution in [0.15, 0.2) is 23.4 Å². The van der Waals surface area contributed by atoms with Crippen molar-refractivity contribution in [3.05, 3.63) is 23.8 Å². The minimum Gasteiger partial charge on any atom is -0.504 e. The summed E-state index contributed by atoms with van der Waals surface area (Å²) in [4.78, 5) is 0. The fourth-order valence-electron chi connectivity index (χ4n) is 0.877. The van der Waals surface area contributed by atoms with Gasteiger partial charge in [-0.25, -0.2) is 0 Å². The highest BCUT2D eigenvalue weighted by molar-refractivity contribution is 6.01. The van der Waals surface area contributed by atoms with E-state index >= 15 is 0 Å². The van der Waals surface area contributed by atoms with Gasteiger partial charge < -0.3 is 15.4 Å². The number of oxime groups is 1. The molecule has 0 saturated heterocycles. The van der Waals surface area contributed by atoms with Crippen molar-refractivity contribution in [2.45, 2.75) is 6.92 Å². The second-order valence-corrected chi connectivity index (χ2v) is 2.36. The monoisotopic (exact) mass is 167 g/mol. The lowest BCUT2D eigenvalue weighted by Crippen LogP contribution is -1.94. The van der Waals surface area contributed by atoms with Crippen molar-refractivity contribution in [2.24, 2.45) is 5.16 Å². The molecule has 0 aliphatic heterocycles. The van der Waals surface area contributed by atoms with Crippen molar-refractivity contribution in [3.63, 3.8) is 0 Å². The van der Waals surface area contributed by atoms with Crippen LogP contribution in [0.2, 0.25) is 0 Å². The summed E-state index contributed by atoms with van der Waals surface area (Å²) in [5.41, 5.74) is 0.570. The predicted octanol–water partition coefficient (Wildman–Crippen LogP) is 1.30. The van der Waals surface area contributed by atoms with Crippen molar-refractivity contribution in [1.82, 2.24) is 0 Å². The van der Waals surface area contributed by atoms with Gasteiger partial charge >= 0.3 is 0 Å². The van der Waals surface area contributed by atoms with Gasteiger partial charge in [-0.3, -0.25) is 0 Å². The highest BCUT2D eigenvalue weighted by Crippen LogP contribution is 2.28. The molecule has 0 aromatic heterocycles. The van der Waals surface area contributed by atoms with Crippen molar-refractivity contribution in [3.8, 4) is 11.5 Å². The van der Waals surface area contributed by atoms with Gasteiger partial charge in [-0.2, -0.15) is 0 Å². The maximum atomic E-state index is 9.26. The van der Waals surface area contributed by atoms with Crippen LogP contribution in [0.25, 0.3) is 0 Å². The third-order valence-corrected chi connectivity index (χ3v) is 1.55. The Balaban J connectivity index is 3.26. The minimum atomic E-state index is -0.271. The summed E-state index contributed by atoms with van der Waals surface area (Å²) in [5.74, 6) is -0.497. The molecule has 4 nitrogen and oxygen atoms in total. The van der Waals surface area contributed by atoms with Gasteiger partial charge in [-0.15, -0.1) is 0 Å². The molecule has 0 unspecified atom stereocenters. The Bertz CT molecular complexity index is 320. The van der Waals surface area contributed by atoms with E-state index in [2.05, 4.69) is 5.16 Å². The molecule has 0 radical (unpaired) electrons. The number of benzene rings is 1. The summed E-state index contributed by atoms with van der Waals surface area (Å²) in [6.07, 6.45) is 0. The Morgan fingerprint density at radius 1 is 1.33 bits per heavy atom. The van der Waals surface area contributed by atoms with Crippen LogP contribution in [0.5, 0.6) is 11.5 Å². The second-order valence-electron chi connectivity index (χ2n) is 2.36. The van der Waals surface area contributed by atoms with Crippen LogP contribution in [0.4, 0.5) is 0 Å². The number of rotatable bonds is 1. The molecule has 64 valence electrons. The second kappa shape index (κ2) is 3.13. The quantitative estimate of drug-likeness (QED) is 0.255. The van der Waals surface area contributed by atoms with E-state index in [0.29, 0.717) is 5.56 Å². The average Bonchev–Trinajstić information content (AvgIpc) is 2.08. The normalized spacial score (nSPS) is 11.6. The standard InChI is InChI=1S/C8H9NO3/c1-5(9-12)6-3-2-4-7(10)8(6)11/h2-4,10-12H,1H3/b9-5-. The van der Waals surface area contributed by atoms with Crippen molar-refractivity contribution in [2.75, 3.05) is 0 Å². The summed E-state index contributed by atoms with van der Waals surface area (Å²) >= 11 is 0. The van der Waals surface area contributed by atoms with E-state index in [1.807, 2.05) is 0 Å². The molecule has 1 rings (SSSR count). The summed E-state index contributed by atoms with van der Waals surface area (Å²) in [6, 6.07) is 4.45. The first kappa shape index (κ1) is 8.39. The molecule has 1 aromatic rings. The molecule has 0 aliphatic rings. The van der Waals surface area contributed by atoms with Gasteiger partial charge in [0.1, 0.15) is 0 Å². The zero-order valence-corrected chi connectivity index (χ0v) is 6.52. The number of para-hydroxylation sites is 1. The van der Waals surface area contributed by atoms with E-state index in [1.165, 1.54) is 13.0 Å². The molecule has 3 N–H and O–H groups in total. The van der Waals surface area contributed by atoms with E-state index in [0.717, 1.165) is 0 Å². The molecular formula is C8H9NO3. The topological polar surface area (TPSA) is 73.1 Å². The smallest absolute Gasteiger partial charge is 0.166 e. The molecule has 1 aromatic carbocycles. The molecule has 0 spiro atoms. The molecule has 0 amide bonds. The SMILES string of the molecule is C/C(=N/O)c1cccc(O)c1O. The number of phenolic OH excluding ortho intramolecular Hbond substituents is 2. The van der Waals surface area contributed by atoms with Gasteiger partial charge in [0.25, 0.3) is 0 Å². The van der Waals surface area contributed by atoms with Crippen LogP contribution < -0.4 is 0 Å². The maximum Gasteiger partial charge on any atom is 0.166 e. The number of hydrogen-bond donors (Lipinski definition) is 3. The van der Waals surface area contributed by atoms with Crippen LogP contribution in [0, 0.1) is 0 Å². The fourth-order valence-corrected chi connectivity index (χ4v) is 0.877. The molecule has 12 heavy (non-hydrogen) atoms. The number of aromatic hydroxyl groups is 2. The third kappa shape index (κ3) is 1.32. The first-order valence-electron chi connectivity index (χ1n) is 3.36. The van der Waals surface area contributed by atoms with Crippen LogP contribution in [-0.2, 0) is 0 Å². The van der Waals surface area contributed by atoms with Gasteiger partial charge in [0.05, 0.1) is 5.71 Å². The van der Waals surface area contributed by atoms with Crippen molar-refractivity contribution >= 4 is 5.71 Å². The van der Waals surface area contributed by atoms with E-state index < -0.39 is 0 Å². The van der Waals surface area contributed by atoms with Gasteiger partial charge in [0, 0.05) is 5.56 Å². The van der Waals surface area contributed by atoms with E-state index in [9.17, 15) is 5.11 Å². The van der Waals surface area contributed by atoms with Gasteiger partial charge in [0.15, 0.2) is 11.5 Å². The predicted molar refractivity (Wildman–Crippen MR) is 43.8 cm³/mol. The zero-order chi connectivity index (χ0) is 9.14. The Morgan fingerprint density at radius 3 is 2.58 bits per heavy atom. The highest BCUT2D eigenvalue weighted by Gasteiger charge is 2.07. The summed E-state index contributed by atoms with van der Waals surface area (Å²) in [6.45, 7) is 1.52. The number of phenols is 2. The molecule has 0 saturated carbocycles. The van der Waals surface area contributed by atoms with Gasteiger partial charge in [0.2, 0.25) is 0 Å². The Labute approximate surface area is 69.4 Å². The molecular weight excluding hydrogens is 158 g/mol. The van der Waals surface area contributed by atoms with Crippen LogP contribution >= 0.6 is 0 Å². The Morgan fingerprint density at radius 2 is 2.00 bits per heavy atom. The molecule has 0 fully saturated rings. The van der Waals surface area contributed by atoms with Crippen LogP contribution in [0.1, 0.15) is 12.5 Å². The molecule has 4 heteroatoms. The lowest BCUT2D eigenvalue weighted by molar-refractivity contribution is 0.318. The molecule has 0 aliphatic carbocycles. The van der Waals surface area contributed by atoms with Crippen molar-refractivity contribution < 1.29 is 15.4 Å². The van der Waals surface area contributed by atoms with E-state index in [4.69, 9.17) is 10.3 Å². The van der Waals surface area contributed by atoms with E-state index in [1.54, 1.807) is 12.1 Å². The third-order valence-electron chi connectivity index (χ3n) is 1.55. The lowest BCUT2D eigenvalue weighted by Gasteiger charge is -2.02. The zero-order valence-electron chi connectivity index (χ0n) is 6.52. The summed E-state index contributed by atoms with van der Waals surface area (Å²) in [5, 5.41) is 29.6. The minimum absolute atomic E-state index is 0.226. The average molecular weight is 167 g/mol. The largest absolute Gasteiger partial charge is 0.504 e. The first-order chi connectivity index (χ1) is 5.66. The van der Waals surface area contributed by atoms with Crippen LogP contribution in [0.3, 0.4) is 0 Å². The maximum absolute atomic E-state index is 9.26. The van der Waals surface area contributed by atoms with Crippen LogP contribution in [-0.4, -0.2) is 21.1 Å². The summed E-state index contributed by atoms with van der Waals surface area (Å²) in [7, 11) is 0. The van der Waals surface area contributed by atoms with Gasteiger partial charge in [-0.1, -0.05) is 11.2 Å². The number of nitrogens with zero attached hydrogens (tertiary/aromatic N) is 1. The summed E-state index contributed by atoms with van der Waals surface area (Å²) < 4.78 is 0. The highest BCUT2D eigenvalue weighted by atomic mass is 16.4. The Hall–Kier alpha value is -1.71. The first-order valence-corrected chi connectivity index (χ1v) is 3.36. The molecule has 0 atom stereocenters. The molecule has 0 heterocycles. The number of hydrogen-bond acceptors (Lipinski definition) is 4. The van der Waals surface area contributed by atoms with Gasteiger partial charge in [-0.05, 0) is 19.1 Å². The van der Waals surface area contributed by atoms with E-state index in [-0.39, 0.29) is 17.2 Å². The van der Waals surface area contributed by atoms with Crippen molar-refractivity contribution in [1.29, 1.82) is 0 Å².